The van der Waals surface area contributed by atoms with Gasteiger partial charge in [0.2, 0.25) is 14.6 Å². The second-order valence-electron chi connectivity index (χ2n) is 5.77. The lowest BCUT2D eigenvalue weighted by molar-refractivity contribution is 0.559. The van der Waals surface area contributed by atoms with Crippen LogP contribution in [0.15, 0.2) is 92.3 Å². The molecule has 0 atom stereocenters. The van der Waals surface area contributed by atoms with E-state index in [-0.39, 0.29) is 9.79 Å². The van der Waals surface area contributed by atoms with E-state index < -0.39 is 9.84 Å². The van der Waals surface area contributed by atoms with Crippen molar-refractivity contribution in [2.24, 2.45) is 5.10 Å². The third-order valence-electron chi connectivity index (χ3n) is 3.97. The van der Waals surface area contributed by atoms with Crippen molar-refractivity contribution in [2.75, 3.05) is 0 Å². The molecule has 1 N–H and O–H groups in total. The molecule has 2 aromatic carbocycles. The number of hydrogen-bond acceptors (Lipinski definition) is 6. The average molecular weight is 410 g/mol. The van der Waals surface area contributed by atoms with Gasteiger partial charge in [-0.3, -0.25) is 0 Å². The van der Waals surface area contributed by atoms with Gasteiger partial charge in [0.25, 0.3) is 0 Å². The molecular weight excluding hydrogens is 396 g/mol. The summed E-state index contributed by atoms with van der Waals surface area (Å²) >= 11 is 5.22. The highest BCUT2D eigenvalue weighted by Crippen LogP contribution is 2.24. The van der Waals surface area contributed by atoms with Gasteiger partial charge >= 0.3 is 0 Å². The van der Waals surface area contributed by atoms with Crippen LogP contribution in [-0.2, 0) is 9.84 Å². The largest absolute Gasteiger partial charge is 0.463 e. The fourth-order valence-electron chi connectivity index (χ4n) is 2.58. The van der Waals surface area contributed by atoms with Gasteiger partial charge in [0, 0.05) is 5.56 Å². The van der Waals surface area contributed by atoms with Crippen LogP contribution in [0.3, 0.4) is 0 Å². The van der Waals surface area contributed by atoms with E-state index in [0.717, 1.165) is 0 Å². The second kappa shape index (κ2) is 7.37. The first-order valence-electron chi connectivity index (χ1n) is 8.21. The monoisotopic (exact) mass is 410 g/mol. The van der Waals surface area contributed by atoms with Crippen LogP contribution >= 0.6 is 12.2 Å². The Bertz CT molecular complexity index is 1270. The summed E-state index contributed by atoms with van der Waals surface area (Å²) in [4.78, 5) is 0.440. The Hall–Kier alpha value is -3.30. The number of aromatic amines is 1. The van der Waals surface area contributed by atoms with Crippen molar-refractivity contribution >= 4 is 28.3 Å². The van der Waals surface area contributed by atoms with E-state index in [9.17, 15) is 8.42 Å². The normalized spacial score (nSPS) is 11.9. The minimum absolute atomic E-state index is 0.196. The van der Waals surface area contributed by atoms with Crippen molar-refractivity contribution in [3.05, 3.63) is 83.5 Å². The van der Waals surface area contributed by atoms with Gasteiger partial charge in [-0.05, 0) is 60.7 Å². The number of sulfone groups is 1. The minimum Gasteiger partial charge on any atom is -0.463 e. The number of aromatic nitrogens is 3. The summed E-state index contributed by atoms with van der Waals surface area (Å²) in [5.41, 5.74) is 0.663. The zero-order valence-corrected chi connectivity index (χ0v) is 16.0. The molecule has 0 radical (unpaired) electrons. The van der Waals surface area contributed by atoms with Crippen molar-refractivity contribution in [2.45, 2.75) is 9.79 Å². The molecule has 0 saturated carbocycles. The lowest BCUT2D eigenvalue weighted by Crippen LogP contribution is -2.02. The first-order chi connectivity index (χ1) is 13.6. The fourth-order valence-corrected chi connectivity index (χ4v) is 4.05. The van der Waals surface area contributed by atoms with Crippen LogP contribution in [0.1, 0.15) is 5.76 Å². The fraction of sp³-hybridized carbons (Fsp3) is 0. The van der Waals surface area contributed by atoms with Crippen LogP contribution in [0.2, 0.25) is 0 Å². The highest BCUT2D eigenvalue weighted by Gasteiger charge is 2.18. The van der Waals surface area contributed by atoms with Gasteiger partial charge < -0.3 is 4.42 Å². The quantitative estimate of drug-likeness (QED) is 0.398. The maximum absolute atomic E-state index is 12.7. The molecule has 0 saturated heterocycles. The first kappa shape index (κ1) is 18.1. The zero-order chi connectivity index (χ0) is 19.6. The summed E-state index contributed by atoms with van der Waals surface area (Å²) in [5, 5.41) is 11.2. The van der Waals surface area contributed by atoms with Gasteiger partial charge in [-0.15, -0.1) is 0 Å². The number of benzene rings is 2. The molecule has 4 aromatic rings. The Morgan fingerprint density at radius 2 is 1.71 bits per heavy atom. The van der Waals surface area contributed by atoms with Gasteiger partial charge in [-0.2, -0.15) is 14.9 Å². The average Bonchev–Trinajstić information content (AvgIpc) is 3.37. The van der Waals surface area contributed by atoms with E-state index in [1.807, 2.05) is 0 Å². The van der Waals surface area contributed by atoms with E-state index in [0.29, 0.717) is 21.9 Å². The third-order valence-corrected chi connectivity index (χ3v) is 6.02. The van der Waals surface area contributed by atoms with Crippen molar-refractivity contribution in [3.8, 4) is 11.4 Å². The van der Waals surface area contributed by atoms with Crippen LogP contribution in [0.4, 0.5) is 0 Å². The smallest absolute Gasteiger partial charge is 0.216 e. The molecular formula is C19H14N4O3S2. The number of hydrogen-bond donors (Lipinski definition) is 1. The summed E-state index contributed by atoms with van der Waals surface area (Å²) in [6.07, 6.45) is 3.06. The zero-order valence-electron chi connectivity index (χ0n) is 14.4. The minimum atomic E-state index is -3.58. The first-order valence-corrected chi connectivity index (χ1v) is 10.1. The van der Waals surface area contributed by atoms with Crippen LogP contribution in [0.5, 0.6) is 0 Å². The number of nitrogens with zero attached hydrogens (tertiary/aromatic N) is 3. The lowest BCUT2D eigenvalue weighted by Gasteiger charge is -2.06. The molecule has 0 amide bonds. The molecule has 0 aliphatic heterocycles. The number of furan rings is 1. The van der Waals surface area contributed by atoms with E-state index in [1.165, 1.54) is 23.0 Å². The van der Waals surface area contributed by atoms with Gasteiger partial charge in [0.05, 0.1) is 22.3 Å². The SMILES string of the molecule is O=S(=O)(c1ccccc1)c1ccc(-c2n[nH]c(=S)n2/N=C/c2ccco2)cc1. The maximum atomic E-state index is 12.7. The molecule has 4 rings (SSSR count). The second-order valence-corrected chi connectivity index (χ2v) is 8.10. The number of rotatable bonds is 5. The Labute approximate surface area is 165 Å². The van der Waals surface area contributed by atoms with Crippen LogP contribution in [0, 0.1) is 4.77 Å². The molecule has 7 nitrogen and oxygen atoms in total. The predicted molar refractivity (Wildman–Crippen MR) is 106 cm³/mol. The molecule has 0 spiro atoms. The van der Waals surface area contributed by atoms with E-state index >= 15 is 0 Å². The molecule has 140 valence electrons. The van der Waals surface area contributed by atoms with E-state index in [1.54, 1.807) is 60.9 Å². The third kappa shape index (κ3) is 3.45. The van der Waals surface area contributed by atoms with Gasteiger partial charge in [0.1, 0.15) is 5.76 Å². The van der Waals surface area contributed by atoms with Crippen molar-refractivity contribution in [1.82, 2.24) is 14.9 Å². The summed E-state index contributed by atoms with van der Waals surface area (Å²) in [6.45, 7) is 0. The molecule has 9 heteroatoms. The van der Waals surface area contributed by atoms with Crippen LogP contribution in [0.25, 0.3) is 11.4 Å². The van der Waals surface area contributed by atoms with Crippen molar-refractivity contribution in [3.63, 3.8) is 0 Å². The highest BCUT2D eigenvalue weighted by atomic mass is 32.2. The van der Waals surface area contributed by atoms with Crippen molar-refractivity contribution < 1.29 is 12.8 Å². The van der Waals surface area contributed by atoms with E-state index in [4.69, 9.17) is 16.6 Å². The van der Waals surface area contributed by atoms with E-state index in [2.05, 4.69) is 15.3 Å². The van der Waals surface area contributed by atoms with Gasteiger partial charge in [-0.25, -0.2) is 13.5 Å². The molecule has 28 heavy (non-hydrogen) atoms. The Kier molecular flexibility index (Phi) is 4.76. The predicted octanol–water partition coefficient (Wildman–Crippen LogP) is 3.92. The van der Waals surface area contributed by atoms with Gasteiger partial charge in [-0.1, -0.05) is 18.2 Å². The molecule has 0 aliphatic rings. The number of nitrogens with one attached hydrogen (secondary N) is 1. The Morgan fingerprint density at radius 1 is 1.00 bits per heavy atom. The molecule has 0 unspecified atom stereocenters. The van der Waals surface area contributed by atoms with Crippen LogP contribution < -0.4 is 0 Å². The molecule has 2 heterocycles. The molecule has 2 aromatic heterocycles. The van der Waals surface area contributed by atoms with Crippen molar-refractivity contribution in [1.29, 1.82) is 0 Å². The summed E-state index contributed by atoms with van der Waals surface area (Å²) in [6, 6.07) is 18.2. The van der Waals surface area contributed by atoms with Crippen LogP contribution in [-0.4, -0.2) is 29.5 Å². The summed E-state index contributed by atoms with van der Waals surface area (Å²) in [5.74, 6) is 1.02. The Balaban J connectivity index is 1.68. The standard InChI is InChI=1S/C19H14N4O3S2/c24-28(25,16-6-2-1-3-7-16)17-10-8-14(9-11-17)18-21-22-19(27)23(18)20-13-15-5-4-12-26-15/h1-13H,(H,22,27)/b20-13+. The topological polar surface area (TPSA) is 93.2 Å². The molecule has 0 bridgehead atoms. The maximum Gasteiger partial charge on any atom is 0.216 e. The summed E-state index contributed by atoms with van der Waals surface area (Å²) in [7, 11) is -3.58. The highest BCUT2D eigenvalue weighted by molar-refractivity contribution is 7.91. The number of H-pyrrole nitrogens is 1. The van der Waals surface area contributed by atoms with Gasteiger partial charge in [0.15, 0.2) is 5.82 Å². The summed E-state index contributed by atoms with van der Waals surface area (Å²) < 4.78 is 32.4. The molecule has 0 fully saturated rings. The Morgan fingerprint density at radius 3 is 2.39 bits per heavy atom. The lowest BCUT2D eigenvalue weighted by atomic mass is 10.2. The molecule has 0 aliphatic carbocycles.